The minimum absolute atomic E-state index is 0.290. The third-order valence-electron chi connectivity index (χ3n) is 2.35. The number of hydrogen-bond acceptors (Lipinski definition) is 1. The van der Waals surface area contributed by atoms with Crippen LogP contribution in [0.2, 0.25) is 0 Å². The van der Waals surface area contributed by atoms with E-state index >= 15 is 0 Å². The van der Waals surface area contributed by atoms with E-state index in [4.69, 9.17) is 0 Å². The summed E-state index contributed by atoms with van der Waals surface area (Å²) in [4.78, 5) is 0. The maximum Gasteiger partial charge on any atom is 0.0788 e. The number of rotatable bonds is 1. The second kappa shape index (κ2) is 3.22. The van der Waals surface area contributed by atoms with Crippen molar-refractivity contribution in [2.75, 3.05) is 0 Å². The van der Waals surface area contributed by atoms with Crippen molar-refractivity contribution in [3.8, 4) is 0 Å². The molecule has 0 saturated carbocycles. The van der Waals surface area contributed by atoms with Crippen LogP contribution in [0.5, 0.6) is 0 Å². The Morgan fingerprint density at radius 3 is 2.82 bits per heavy atom. The quantitative estimate of drug-likeness (QED) is 0.571. The number of allylic oxidation sites excluding steroid dienone is 1. The Morgan fingerprint density at radius 1 is 1.73 bits per heavy atom. The van der Waals surface area contributed by atoms with E-state index in [0.29, 0.717) is 5.92 Å². The van der Waals surface area contributed by atoms with Gasteiger partial charge in [-0.1, -0.05) is 23.8 Å². The minimum atomic E-state index is -0.291. The zero-order valence-electron chi connectivity index (χ0n) is 7.30. The van der Waals surface area contributed by atoms with E-state index in [9.17, 15) is 5.11 Å². The molecule has 1 rings (SSSR count). The van der Waals surface area contributed by atoms with E-state index in [-0.39, 0.29) is 6.10 Å². The lowest BCUT2D eigenvalue weighted by atomic mass is 9.84. The van der Waals surface area contributed by atoms with Crippen LogP contribution < -0.4 is 0 Å². The second-order valence-corrected chi connectivity index (χ2v) is 3.50. The molecule has 1 nitrogen and oxygen atoms in total. The van der Waals surface area contributed by atoms with Crippen LogP contribution in [0.4, 0.5) is 0 Å². The maximum absolute atomic E-state index is 9.57. The summed E-state index contributed by atoms with van der Waals surface area (Å²) >= 11 is 0. The zero-order chi connectivity index (χ0) is 8.43. The highest BCUT2D eigenvalue weighted by atomic mass is 16.3. The van der Waals surface area contributed by atoms with Gasteiger partial charge in [-0.2, -0.15) is 0 Å². The van der Waals surface area contributed by atoms with Crippen molar-refractivity contribution in [3.05, 3.63) is 23.8 Å². The van der Waals surface area contributed by atoms with E-state index in [1.54, 1.807) is 0 Å². The van der Waals surface area contributed by atoms with Crippen molar-refractivity contribution in [1.82, 2.24) is 0 Å². The third kappa shape index (κ3) is 1.93. The lowest BCUT2D eigenvalue weighted by Gasteiger charge is -2.25. The molecule has 0 aromatic rings. The SMILES string of the molecule is C=C(C)[C@H]1CCC(C)=C[C@H]1O. The number of aliphatic hydroxyl groups excluding tert-OH is 1. The molecule has 0 saturated heterocycles. The fourth-order valence-electron chi connectivity index (χ4n) is 1.58. The molecule has 1 aliphatic rings. The highest BCUT2D eigenvalue weighted by Gasteiger charge is 2.21. The third-order valence-corrected chi connectivity index (χ3v) is 2.35. The van der Waals surface area contributed by atoms with E-state index in [1.165, 1.54) is 5.57 Å². The lowest BCUT2D eigenvalue weighted by molar-refractivity contribution is 0.157. The molecule has 0 aliphatic heterocycles. The summed E-state index contributed by atoms with van der Waals surface area (Å²) < 4.78 is 0. The van der Waals surface area contributed by atoms with Crippen LogP contribution in [-0.4, -0.2) is 11.2 Å². The Kier molecular flexibility index (Phi) is 2.50. The molecule has 1 N–H and O–H groups in total. The molecule has 0 fully saturated rings. The molecule has 1 heteroatoms. The van der Waals surface area contributed by atoms with Gasteiger partial charge in [0.15, 0.2) is 0 Å². The van der Waals surface area contributed by atoms with Crippen LogP contribution in [0.25, 0.3) is 0 Å². The topological polar surface area (TPSA) is 20.2 Å². The van der Waals surface area contributed by atoms with E-state index < -0.39 is 0 Å². The Hall–Kier alpha value is -0.560. The van der Waals surface area contributed by atoms with Gasteiger partial charge in [-0.15, -0.1) is 0 Å². The molecular formula is C10H16O. The van der Waals surface area contributed by atoms with Gasteiger partial charge in [-0.05, 0) is 26.7 Å². The van der Waals surface area contributed by atoms with Crippen LogP contribution in [0.3, 0.4) is 0 Å². The number of aliphatic hydroxyl groups is 1. The fourth-order valence-corrected chi connectivity index (χ4v) is 1.58. The second-order valence-electron chi connectivity index (χ2n) is 3.50. The fraction of sp³-hybridized carbons (Fsp3) is 0.600. The van der Waals surface area contributed by atoms with Crippen molar-refractivity contribution >= 4 is 0 Å². The normalized spacial score (nSPS) is 31.4. The molecular weight excluding hydrogens is 136 g/mol. The average Bonchev–Trinajstić information content (AvgIpc) is 1.85. The van der Waals surface area contributed by atoms with Crippen molar-refractivity contribution in [2.24, 2.45) is 5.92 Å². The lowest BCUT2D eigenvalue weighted by Crippen LogP contribution is -2.22. The van der Waals surface area contributed by atoms with Gasteiger partial charge in [0, 0.05) is 5.92 Å². The predicted molar refractivity (Wildman–Crippen MR) is 47.3 cm³/mol. The molecule has 0 spiro atoms. The average molecular weight is 152 g/mol. The van der Waals surface area contributed by atoms with Gasteiger partial charge in [0.05, 0.1) is 6.10 Å². The molecule has 0 aromatic carbocycles. The van der Waals surface area contributed by atoms with Crippen molar-refractivity contribution < 1.29 is 5.11 Å². The van der Waals surface area contributed by atoms with Crippen molar-refractivity contribution in [1.29, 1.82) is 0 Å². The summed E-state index contributed by atoms with van der Waals surface area (Å²) in [5, 5.41) is 9.57. The van der Waals surface area contributed by atoms with E-state index in [0.717, 1.165) is 18.4 Å². The Balaban J connectivity index is 2.68. The Morgan fingerprint density at radius 2 is 2.36 bits per heavy atom. The van der Waals surface area contributed by atoms with Gasteiger partial charge in [-0.3, -0.25) is 0 Å². The van der Waals surface area contributed by atoms with Crippen LogP contribution >= 0.6 is 0 Å². The zero-order valence-corrected chi connectivity index (χ0v) is 7.30. The van der Waals surface area contributed by atoms with E-state index in [1.807, 2.05) is 13.0 Å². The summed E-state index contributed by atoms with van der Waals surface area (Å²) in [5.41, 5.74) is 2.40. The molecule has 0 aromatic heterocycles. The monoisotopic (exact) mass is 152 g/mol. The summed E-state index contributed by atoms with van der Waals surface area (Å²) in [7, 11) is 0. The van der Waals surface area contributed by atoms with Crippen molar-refractivity contribution in [2.45, 2.75) is 32.8 Å². The van der Waals surface area contributed by atoms with Gasteiger partial charge in [0.25, 0.3) is 0 Å². The summed E-state index contributed by atoms with van der Waals surface area (Å²) in [6.45, 7) is 7.92. The van der Waals surface area contributed by atoms with Crippen molar-refractivity contribution in [3.63, 3.8) is 0 Å². The molecule has 0 amide bonds. The minimum Gasteiger partial charge on any atom is -0.388 e. The predicted octanol–water partition coefficient (Wildman–Crippen LogP) is 2.28. The van der Waals surface area contributed by atoms with Gasteiger partial charge in [0.2, 0.25) is 0 Å². The Bertz CT molecular complexity index is 191. The van der Waals surface area contributed by atoms with Gasteiger partial charge < -0.3 is 5.11 Å². The maximum atomic E-state index is 9.57. The molecule has 1 aliphatic carbocycles. The van der Waals surface area contributed by atoms with Gasteiger partial charge >= 0.3 is 0 Å². The molecule has 11 heavy (non-hydrogen) atoms. The molecule has 0 unspecified atom stereocenters. The Labute approximate surface area is 68.4 Å². The van der Waals surface area contributed by atoms with Crippen LogP contribution in [0, 0.1) is 5.92 Å². The van der Waals surface area contributed by atoms with Gasteiger partial charge in [0.1, 0.15) is 0 Å². The summed E-state index contributed by atoms with van der Waals surface area (Å²) in [6.07, 6.45) is 3.82. The summed E-state index contributed by atoms with van der Waals surface area (Å²) in [6, 6.07) is 0. The molecule has 0 heterocycles. The molecule has 0 bridgehead atoms. The highest BCUT2D eigenvalue weighted by Crippen LogP contribution is 2.27. The van der Waals surface area contributed by atoms with Gasteiger partial charge in [-0.25, -0.2) is 0 Å². The van der Waals surface area contributed by atoms with Crippen LogP contribution in [-0.2, 0) is 0 Å². The first-order valence-corrected chi connectivity index (χ1v) is 4.12. The largest absolute Gasteiger partial charge is 0.388 e. The first-order chi connectivity index (χ1) is 5.11. The first-order valence-electron chi connectivity index (χ1n) is 4.12. The van der Waals surface area contributed by atoms with Crippen LogP contribution in [0.15, 0.2) is 23.8 Å². The molecule has 2 atom stereocenters. The molecule has 0 radical (unpaired) electrons. The summed E-state index contributed by atoms with van der Waals surface area (Å²) in [5.74, 6) is 0.290. The standard InChI is InChI=1S/C10H16O/c1-7(2)9-5-4-8(3)6-10(9)11/h6,9-11H,1,4-5H2,2-3H3/t9-,10-/m1/s1. The highest BCUT2D eigenvalue weighted by molar-refractivity contribution is 5.14. The van der Waals surface area contributed by atoms with Crippen LogP contribution in [0.1, 0.15) is 26.7 Å². The number of hydrogen-bond donors (Lipinski definition) is 1. The van der Waals surface area contributed by atoms with E-state index in [2.05, 4.69) is 13.5 Å². The smallest absolute Gasteiger partial charge is 0.0788 e. The first kappa shape index (κ1) is 8.54. The molecule has 62 valence electrons.